The number of para-hydroxylation sites is 1. The van der Waals surface area contributed by atoms with Crippen molar-refractivity contribution in [3.63, 3.8) is 0 Å². The summed E-state index contributed by atoms with van der Waals surface area (Å²) in [6.07, 6.45) is 1.11. The van der Waals surface area contributed by atoms with Crippen molar-refractivity contribution in [2.75, 3.05) is 27.2 Å². The second-order valence-electron chi connectivity index (χ2n) is 3.47. The van der Waals surface area contributed by atoms with E-state index in [0.29, 0.717) is 0 Å². The van der Waals surface area contributed by atoms with Crippen LogP contribution in [-0.2, 0) is 0 Å². The topological polar surface area (TPSA) is 13.7 Å². The van der Waals surface area contributed by atoms with Gasteiger partial charge in [-0.05, 0) is 12.1 Å². The number of ether oxygens (including phenoxy) is 1. The van der Waals surface area contributed by atoms with Crippen LogP contribution in [-0.4, -0.2) is 27.2 Å². The van der Waals surface area contributed by atoms with Gasteiger partial charge in [0.15, 0.2) is 0 Å². The summed E-state index contributed by atoms with van der Waals surface area (Å²) in [5, 5.41) is 0. The van der Waals surface area contributed by atoms with Crippen LogP contribution in [0.15, 0.2) is 30.3 Å². The van der Waals surface area contributed by atoms with Crippen LogP contribution in [0, 0.1) is 0 Å². The Morgan fingerprint density at radius 1 is 1.14 bits per heavy atom. The molecule has 0 aromatic heterocycles. The van der Waals surface area contributed by atoms with Crippen LogP contribution >= 0.6 is 0 Å². The van der Waals surface area contributed by atoms with Gasteiger partial charge in [0.25, 0.3) is 0 Å². The summed E-state index contributed by atoms with van der Waals surface area (Å²) in [7, 11) is 4.31. The van der Waals surface area contributed by atoms with Gasteiger partial charge < -0.3 is 33.6 Å². The van der Waals surface area contributed by atoms with E-state index in [2.05, 4.69) is 14.1 Å². The highest BCUT2D eigenvalue weighted by atomic mass is 127. The standard InChI is InChI=1S/C11H17NO.HI/c1-12(2)9-6-10-13-11-7-4-3-5-8-11;/h3-5,7-8H,6,9-10H2,1-2H3;1H. The molecule has 0 atom stereocenters. The summed E-state index contributed by atoms with van der Waals surface area (Å²) < 4.78 is 5.54. The van der Waals surface area contributed by atoms with Crippen molar-refractivity contribution in [2.24, 2.45) is 0 Å². The largest absolute Gasteiger partial charge is 1.00 e. The van der Waals surface area contributed by atoms with E-state index in [1.807, 2.05) is 30.3 Å². The maximum atomic E-state index is 5.54. The predicted molar refractivity (Wildman–Crippen MR) is 54.2 cm³/mol. The van der Waals surface area contributed by atoms with Gasteiger partial charge in [-0.15, -0.1) is 0 Å². The maximum absolute atomic E-state index is 5.54. The van der Waals surface area contributed by atoms with Crippen LogP contribution in [0.1, 0.15) is 6.42 Å². The molecular formula is C11H18INO. The molecule has 1 N–H and O–H groups in total. The molecule has 1 aromatic rings. The van der Waals surface area contributed by atoms with Crippen LogP contribution in [0.25, 0.3) is 0 Å². The van der Waals surface area contributed by atoms with Crippen molar-refractivity contribution in [2.45, 2.75) is 6.42 Å². The molecule has 0 saturated heterocycles. The minimum absolute atomic E-state index is 0. The molecule has 80 valence electrons. The van der Waals surface area contributed by atoms with Crippen LogP contribution in [0.4, 0.5) is 0 Å². The fourth-order valence-corrected chi connectivity index (χ4v) is 1.13. The van der Waals surface area contributed by atoms with Crippen LogP contribution in [0.3, 0.4) is 0 Å². The zero-order valence-corrected chi connectivity index (χ0v) is 11.0. The van der Waals surface area contributed by atoms with E-state index in [-0.39, 0.29) is 24.0 Å². The molecule has 0 unspecified atom stereocenters. The molecule has 0 saturated carbocycles. The second-order valence-corrected chi connectivity index (χ2v) is 3.47. The lowest BCUT2D eigenvalue weighted by Crippen LogP contribution is -3.05. The molecule has 3 heteroatoms. The van der Waals surface area contributed by atoms with Crippen molar-refractivity contribution in [3.8, 4) is 5.75 Å². The first-order valence-electron chi connectivity index (χ1n) is 4.76. The number of quaternary nitrogens is 1. The van der Waals surface area contributed by atoms with Gasteiger partial charge in [-0.1, -0.05) is 18.2 Å². The maximum Gasteiger partial charge on any atom is 0.119 e. The first kappa shape index (κ1) is 13.7. The minimum atomic E-state index is 0. The summed E-state index contributed by atoms with van der Waals surface area (Å²) in [6, 6.07) is 9.96. The lowest BCUT2D eigenvalue weighted by molar-refractivity contribution is -0.858. The van der Waals surface area contributed by atoms with Crippen molar-refractivity contribution >= 4 is 0 Å². The van der Waals surface area contributed by atoms with Gasteiger partial charge in [-0.3, -0.25) is 0 Å². The Bertz CT molecular complexity index is 226. The highest BCUT2D eigenvalue weighted by Gasteiger charge is 1.94. The molecule has 0 amide bonds. The number of hydrogen-bond acceptors (Lipinski definition) is 1. The quantitative estimate of drug-likeness (QED) is 0.473. The van der Waals surface area contributed by atoms with E-state index >= 15 is 0 Å². The van der Waals surface area contributed by atoms with Gasteiger partial charge in [0, 0.05) is 6.42 Å². The molecule has 0 heterocycles. The molecule has 0 aliphatic heterocycles. The fraction of sp³-hybridized carbons (Fsp3) is 0.455. The average molecular weight is 307 g/mol. The first-order chi connectivity index (χ1) is 6.29. The second kappa shape index (κ2) is 8.05. The number of nitrogens with one attached hydrogen (secondary N) is 1. The van der Waals surface area contributed by atoms with E-state index < -0.39 is 0 Å². The predicted octanol–water partition coefficient (Wildman–Crippen LogP) is -2.40. The average Bonchev–Trinajstić information content (AvgIpc) is 2.14. The Balaban J connectivity index is 0.00000169. The molecule has 0 aliphatic rings. The molecule has 0 bridgehead atoms. The van der Waals surface area contributed by atoms with E-state index in [1.165, 1.54) is 4.90 Å². The minimum Gasteiger partial charge on any atom is -1.00 e. The number of halogens is 1. The van der Waals surface area contributed by atoms with Gasteiger partial charge in [0.1, 0.15) is 5.75 Å². The van der Waals surface area contributed by atoms with Crippen LogP contribution in [0.5, 0.6) is 5.75 Å². The smallest absolute Gasteiger partial charge is 0.119 e. The third-order valence-corrected chi connectivity index (χ3v) is 1.83. The Labute approximate surface area is 103 Å². The molecular weight excluding hydrogens is 289 g/mol. The van der Waals surface area contributed by atoms with Crippen LogP contribution < -0.4 is 33.6 Å². The molecule has 2 nitrogen and oxygen atoms in total. The number of rotatable bonds is 5. The van der Waals surface area contributed by atoms with Crippen molar-refractivity contribution in [1.82, 2.24) is 0 Å². The fourth-order valence-electron chi connectivity index (χ4n) is 1.13. The molecule has 1 aromatic carbocycles. The van der Waals surface area contributed by atoms with Gasteiger partial charge in [0.05, 0.1) is 27.2 Å². The van der Waals surface area contributed by atoms with Gasteiger partial charge >= 0.3 is 0 Å². The zero-order chi connectivity index (χ0) is 9.52. The molecule has 0 fully saturated rings. The van der Waals surface area contributed by atoms with Crippen molar-refractivity contribution < 1.29 is 33.6 Å². The SMILES string of the molecule is C[NH+](C)CCCOc1ccccc1.[I-]. The molecule has 0 radical (unpaired) electrons. The highest BCUT2D eigenvalue weighted by molar-refractivity contribution is 5.20. The van der Waals surface area contributed by atoms with E-state index in [1.54, 1.807) is 0 Å². The third-order valence-electron chi connectivity index (χ3n) is 1.83. The lowest BCUT2D eigenvalue weighted by Gasteiger charge is -2.08. The number of hydrogen-bond donors (Lipinski definition) is 1. The third kappa shape index (κ3) is 6.21. The van der Waals surface area contributed by atoms with E-state index in [0.717, 1.165) is 25.3 Å². The molecule has 14 heavy (non-hydrogen) atoms. The summed E-state index contributed by atoms with van der Waals surface area (Å²) in [5.41, 5.74) is 0. The Kier molecular flexibility index (Phi) is 7.89. The molecule has 0 spiro atoms. The Hall–Kier alpha value is -0.290. The van der Waals surface area contributed by atoms with Crippen molar-refractivity contribution in [1.29, 1.82) is 0 Å². The zero-order valence-electron chi connectivity index (χ0n) is 8.79. The Morgan fingerprint density at radius 2 is 1.79 bits per heavy atom. The summed E-state index contributed by atoms with van der Waals surface area (Å²) in [6.45, 7) is 1.97. The Morgan fingerprint density at radius 3 is 2.36 bits per heavy atom. The van der Waals surface area contributed by atoms with Gasteiger partial charge in [-0.25, -0.2) is 0 Å². The normalized spacial score (nSPS) is 9.64. The highest BCUT2D eigenvalue weighted by Crippen LogP contribution is 2.07. The summed E-state index contributed by atoms with van der Waals surface area (Å²) in [4.78, 5) is 1.47. The first-order valence-corrected chi connectivity index (χ1v) is 4.76. The molecule has 0 aliphatic carbocycles. The van der Waals surface area contributed by atoms with Crippen molar-refractivity contribution in [3.05, 3.63) is 30.3 Å². The number of benzene rings is 1. The molecule has 1 rings (SSSR count). The summed E-state index contributed by atoms with van der Waals surface area (Å²) >= 11 is 0. The lowest BCUT2D eigenvalue weighted by atomic mass is 10.3. The van der Waals surface area contributed by atoms with E-state index in [4.69, 9.17) is 4.74 Å². The van der Waals surface area contributed by atoms with Gasteiger partial charge in [-0.2, -0.15) is 0 Å². The monoisotopic (exact) mass is 307 g/mol. The van der Waals surface area contributed by atoms with E-state index in [9.17, 15) is 0 Å². The summed E-state index contributed by atoms with van der Waals surface area (Å²) in [5.74, 6) is 0.969. The van der Waals surface area contributed by atoms with Crippen LogP contribution in [0.2, 0.25) is 0 Å². The van der Waals surface area contributed by atoms with Gasteiger partial charge in [0.2, 0.25) is 0 Å².